The van der Waals surface area contributed by atoms with Crippen molar-refractivity contribution in [1.29, 1.82) is 0 Å². The number of hydrogen-bond donors (Lipinski definition) is 1. The summed E-state index contributed by atoms with van der Waals surface area (Å²) in [5, 5.41) is 0. The lowest BCUT2D eigenvalue weighted by atomic mass is 10.3. The maximum absolute atomic E-state index is 12.4. The molecule has 0 saturated heterocycles. The molecule has 0 aliphatic rings. The molecule has 0 radical (unpaired) electrons. The predicted molar refractivity (Wildman–Crippen MR) is 51.5 cm³/mol. The van der Waals surface area contributed by atoms with Gasteiger partial charge in [0.15, 0.2) is 0 Å². The van der Waals surface area contributed by atoms with Crippen molar-refractivity contribution >= 4 is 5.69 Å². The van der Waals surface area contributed by atoms with Crippen LogP contribution in [-0.4, -0.2) is 12.8 Å². The summed E-state index contributed by atoms with van der Waals surface area (Å²) in [5.74, 6) is 0.731. The van der Waals surface area contributed by atoms with Gasteiger partial charge in [0.1, 0.15) is 11.9 Å². The average Bonchev–Trinajstić information content (AvgIpc) is 2.08. The van der Waals surface area contributed by atoms with E-state index in [-0.39, 0.29) is 0 Å². The molecule has 72 valence electrons. The Morgan fingerprint density at radius 3 is 2.54 bits per heavy atom. The van der Waals surface area contributed by atoms with Gasteiger partial charge in [-0.2, -0.15) is 0 Å². The Balaban J connectivity index is 2.33. The highest BCUT2D eigenvalue weighted by molar-refractivity contribution is 5.41. The van der Waals surface area contributed by atoms with Crippen LogP contribution in [0, 0.1) is 0 Å². The van der Waals surface area contributed by atoms with Crippen LogP contribution >= 0.6 is 0 Å². The topological polar surface area (TPSA) is 35.2 Å². The fourth-order valence-electron chi connectivity index (χ4n) is 0.903. The third-order valence-electron chi connectivity index (χ3n) is 1.66. The minimum absolute atomic E-state index is 0.404. The first-order valence-corrected chi connectivity index (χ1v) is 4.31. The number of nitrogen functional groups attached to an aromatic ring is 1. The summed E-state index contributed by atoms with van der Waals surface area (Å²) in [6.07, 6.45) is -0.390. The number of alkyl halides is 1. The van der Waals surface area contributed by atoms with Gasteiger partial charge in [-0.3, -0.25) is 0 Å². The molecule has 0 spiro atoms. The first kappa shape index (κ1) is 9.84. The third kappa shape index (κ3) is 3.78. The van der Waals surface area contributed by atoms with E-state index in [0.29, 0.717) is 18.7 Å². The van der Waals surface area contributed by atoms with Gasteiger partial charge in [0.05, 0.1) is 6.61 Å². The zero-order valence-corrected chi connectivity index (χ0v) is 7.66. The maximum atomic E-state index is 12.4. The summed E-state index contributed by atoms with van der Waals surface area (Å²) < 4.78 is 17.6. The molecule has 0 heterocycles. The zero-order valence-electron chi connectivity index (χ0n) is 7.66. The van der Waals surface area contributed by atoms with Gasteiger partial charge in [0, 0.05) is 12.1 Å². The summed E-state index contributed by atoms with van der Waals surface area (Å²) in [6, 6.07) is 7.07. The van der Waals surface area contributed by atoms with Crippen molar-refractivity contribution < 1.29 is 9.13 Å². The summed E-state index contributed by atoms with van der Waals surface area (Å²) >= 11 is 0. The quantitative estimate of drug-likeness (QED) is 0.727. The second-order valence-corrected chi connectivity index (χ2v) is 2.99. The van der Waals surface area contributed by atoms with Gasteiger partial charge in [-0.25, -0.2) is 4.39 Å². The second kappa shape index (κ2) is 4.70. The summed E-state index contributed by atoms with van der Waals surface area (Å²) in [7, 11) is 0. The van der Waals surface area contributed by atoms with Gasteiger partial charge in [-0.15, -0.1) is 0 Å². The number of ether oxygens (including phenoxy) is 1. The molecule has 2 nitrogen and oxygen atoms in total. The Bertz CT molecular complexity index is 246. The monoisotopic (exact) mass is 183 g/mol. The Morgan fingerprint density at radius 1 is 1.38 bits per heavy atom. The number of hydrogen-bond acceptors (Lipinski definition) is 2. The van der Waals surface area contributed by atoms with Crippen LogP contribution in [-0.2, 0) is 0 Å². The van der Waals surface area contributed by atoms with Crippen LogP contribution in [0.5, 0.6) is 5.75 Å². The van der Waals surface area contributed by atoms with Crippen LogP contribution < -0.4 is 10.5 Å². The molecule has 2 N–H and O–H groups in total. The number of nitrogens with two attached hydrogens (primary N) is 1. The number of rotatable bonds is 4. The fraction of sp³-hybridized carbons (Fsp3) is 0.400. The van der Waals surface area contributed by atoms with E-state index in [1.807, 2.05) is 0 Å². The van der Waals surface area contributed by atoms with Crippen LogP contribution in [0.2, 0.25) is 0 Å². The highest BCUT2D eigenvalue weighted by Gasteiger charge is 1.98. The minimum Gasteiger partial charge on any atom is -0.493 e. The molecule has 0 aliphatic heterocycles. The largest absolute Gasteiger partial charge is 0.493 e. The molecule has 1 atom stereocenters. The third-order valence-corrected chi connectivity index (χ3v) is 1.66. The van der Waals surface area contributed by atoms with Gasteiger partial charge in [0.25, 0.3) is 0 Å². The van der Waals surface area contributed by atoms with Gasteiger partial charge in [0.2, 0.25) is 0 Å². The number of benzene rings is 1. The number of halogens is 1. The molecule has 0 saturated carbocycles. The van der Waals surface area contributed by atoms with E-state index in [0.717, 1.165) is 5.75 Å². The smallest absolute Gasteiger partial charge is 0.119 e. The lowest BCUT2D eigenvalue weighted by molar-refractivity contribution is 0.247. The van der Waals surface area contributed by atoms with Gasteiger partial charge < -0.3 is 10.5 Å². The normalized spacial score (nSPS) is 12.5. The van der Waals surface area contributed by atoms with Crippen LogP contribution in [0.4, 0.5) is 10.1 Å². The second-order valence-electron chi connectivity index (χ2n) is 2.99. The molecule has 0 bridgehead atoms. The average molecular weight is 183 g/mol. The molecule has 1 aromatic carbocycles. The zero-order chi connectivity index (χ0) is 9.68. The fourth-order valence-corrected chi connectivity index (χ4v) is 0.903. The Kier molecular flexibility index (Phi) is 3.55. The molecule has 1 unspecified atom stereocenters. The molecule has 1 rings (SSSR count). The van der Waals surface area contributed by atoms with Crippen molar-refractivity contribution in [3.63, 3.8) is 0 Å². The number of anilines is 1. The molecule has 0 aliphatic carbocycles. The van der Waals surface area contributed by atoms with Crippen molar-refractivity contribution in [3.8, 4) is 5.75 Å². The minimum atomic E-state index is -0.811. The highest BCUT2D eigenvalue weighted by Crippen LogP contribution is 2.13. The van der Waals surface area contributed by atoms with Gasteiger partial charge >= 0.3 is 0 Å². The molecule has 0 aromatic heterocycles. The molecular formula is C10H14FNO. The van der Waals surface area contributed by atoms with Crippen molar-refractivity contribution in [1.82, 2.24) is 0 Å². The summed E-state index contributed by atoms with van der Waals surface area (Å²) in [6.45, 7) is 1.92. The first-order valence-electron chi connectivity index (χ1n) is 4.31. The van der Waals surface area contributed by atoms with Crippen LogP contribution in [0.3, 0.4) is 0 Å². The van der Waals surface area contributed by atoms with Gasteiger partial charge in [-0.1, -0.05) is 0 Å². The van der Waals surface area contributed by atoms with E-state index < -0.39 is 6.17 Å². The van der Waals surface area contributed by atoms with E-state index in [2.05, 4.69) is 0 Å². The molecule has 1 aromatic rings. The highest BCUT2D eigenvalue weighted by atomic mass is 19.1. The molecule has 0 fully saturated rings. The standard InChI is InChI=1S/C10H14FNO/c1-8(11)6-7-13-10-4-2-9(12)3-5-10/h2-5,8H,6-7,12H2,1H3. The molecule has 13 heavy (non-hydrogen) atoms. The van der Waals surface area contributed by atoms with E-state index in [1.165, 1.54) is 6.92 Å². The van der Waals surface area contributed by atoms with E-state index in [1.54, 1.807) is 24.3 Å². The predicted octanol–water partition coefficient (Wildman–Crippen LogP) is 2.40. The first-order chi connectivity index (χ1) is 6.18. The van der Waals surface area contributed by atoms with Crippen LogP contribution in [0.15, 0.2) is 24.3 Å². The van der Waals surface area contributed by atoms with E-state index >= 15 is 0 Å². The Hall–Kier alpha value is -1.25. The van der Waals surface area contributed by atoms with Gasteiger partial charge in [-0.05, 0) is 31.2 Å². The van der Waals surface area contributed by atoms with Crippen molar-refractivity contribution in [2.45, 2.75) is 19.5 Å². The van der Waals surface area contributed by atoms with Crippen molar-refractivity contribution in [3.05, 3.63) is 24.3 Å². The van der Waals surface area contributed by atoms with E-state index in [9.17, 15) is 4.39 Å². The molecular weight excluding hydrogens is 169 g/mol. The van der Waals surface area contributed by atoms with Crippen LogP contribution in [0.1, 0.15) is 13.3 Å². The lowest BCUT2D eigenvalue weighted by Gasteiger charge is -2.06. The SMILES string of the molecule is CC(F)CCOc1ccc(N)cc1. The van der Waals surface area contributed by atoms with Crippen molar-refractivity contribution in [2.75, 3.05) is 12.3 Å². The molecule has 3 heteroatoms. The van der Waals surface area contributed by atoms with Crippen molar-refractivity contribution in [2.24, 2.45) is 0 Å². The lowest BCUT2D eigenvalue weighted by Crippen LogP contribution is -2.03. The summed E-state index contributed by atoms with van der Waals surface area (Å²) in [5.41, 5.74) is 6.19. The Labute approximate surface area is 77.5 Å². The molecule has 0 amide bonds. The Morgan fingerprint density at radius 2 is 2.00 bits per heavy atom. The summed E-state index contributed by atoms with van der Waals surface area (Å²) in [4.78, 5) is 0. The van der Waals surface area contributed by atoms with E-state index in [4.69, 9.17) is 10.5 Å². The maximum Gasteiger partial charge on any atom is 0.119 e. The van der Waals surface area contributed by atoms with Crippen LogP contribution in [0.25, 0.3) is 0 Å².